The van der Waals surface area contributed by atoms with Gasteiger partial charge < -0.3 is 9.84 Å². The molecule has 3 rings (SSSR count). The number of nitrogens with zero attached hydrogens (tertiary/aromatic N) is 2. The molecule has 0 atom stereocenters. The number of anilines is 1. The van der Waals surface area contributed by atoms with Crippen molar-refractivity contribution in [1.82, 2.24) is 9.78 Å². The highest BCUT2D eigenvalue weighted by Crippen LogP contribution is 2.47. The average molecular weight is 301 g/mol. The first-order chi connectivity index (χ1) is 10.5. The van der Waals surface area contributed by atoms with Crippen LogP contribution in [0.15, 0.2) is 36.4 Å². The number of hydrogen-bond donors (Lipinski definition) is 2. The number of aromatic nitrogens is 2. The molecule has 0 bridgehead atoms. The van der Waals surface area contributed by atoms with Gasteiger partial charge >= 0.3 is 12.2 Å². The molecule has 1 aliphatic rings. The maximum atomic E-state index is 11.9. The second kappa shape index (κ2) is 5.18. The predicted octanol–water partition coefficient (Wildman–Crippen LogP) is 3.07. The van der Waals surface area contributed by atoms with Gasteiger partial charge in [-0.05, 0) is 25.0 Å². The van der Waals surface area contributed by atoms with Crippen molar-refractivity contribution in [3.8, 4) is 5.75 Å². The first-order valence-electron chi connectivity index (χ1n) is 6.86. The summed E-state index contributed by atoms with van der Waals surface area (Å²) in [4.78, 5) is 23.1. The topological polar surface area (TPSA) is 93.5 Å². The van der Waals surface area contributed by atoms with Gasteiger partial charge in [-0.25, -0.2) is 9.59 Å². The van der Waals surface area contributed by atoms with E-state index in [0.717, 1.165) is 17.5 Å². The number of para-hydroxylation sites is 1. The molecule has 2 N–H and O–H groups in total. The van der Waals surface area contributed by atoms with Crippen molar-refractivity contribution in [2.24, 2.45) is 0 Å². The molecule has 1 fully saturated rings. The van der Waals surface area contributed by atoms with Crippen LogP contribution >= 0.6 is 0 Å². The summed E-state index contributed by atoms with van der Waals surface area (Å²) in [6.45, 7) is 2.01. The lowest BCUT2D eigenvalue weighted by Gasteiger charge is -2.06. The van der Waals surface area contributed by atoms with E-state index in [1.807, 2.05) is 6.92 Å². The number of carboxylic acid groups (broad SMARTS) is 1. The summed E-state index contributed by atoms with van der Waals surface area (Å²) >= 11 is 0. The zero-order valence-corrected chi connectivity index (χ0v) is 11.9. The number of carbonyl (C=O) groups excluding carboxylic acids is 1. The van der Waals surface area contributed by atoms with Crippen LogP contribution in [-0.4, -0.2) is 27.1 Å². The van der Waals surface area contributed by atoms with Crippen LogP contribution in [-0.2, 0) is 5.41 Å². The van der Waals surface area contributed by atoms with E-state index in [-0.39, 0.29) is 11.2 Å². The molecular weight excluding hydrogens is 286 g/mol. The lowest BCUT2D eigenvalue weighted by atomic mass is 10.1. The number of rotatable bonds is 3. The Labute approximate surface area is 126 Å². The van der Waals surface area contributed by atoms with E-state index in [9.17, 15) is 14.7 Å². The summed E-state index contributed by atoms with van der Waals surface area (Å²) in [5.41, 5.74) is 0.561. The van der Waals surface area contributed by atoms with E-state index < -0.39 is 12.2 Å². The number of amides is 1. The maximum Gasteiger partial charge on any atom is 0.434 e. The van der Waals surface area contributed by atoms with Gasteiger partial charge in [-0.3, -0.25) is 5.32 Å². The van der Waals surface area contributed by atoms with Gasteiger partial charge in [0, 0.05) is 11.5 Å². The molecule has 1 aromatic heterocycles. The second-order valence-electron chi connectivity index (χ2n) is 5.50. The molecule has 114 valence electrons. The molecule has 0 spiro atoms. The molecule has 7 nitrogen and oxygen atoms in total. The molecule has 1 aliphatic carbocycles. The van der Waals surface area contributed by atoms with Crippen molar-refractivity contribution in [3.63, 3.8) is 0 Å². The second-order valence-corrected chi connectivity index (χ2v) is 5.50. The highest BCUT2D eigenvalue weighted by Gasteiger charge is 2.42. The molecule has 1 amide bonds. The van der Waals surface area contributed by atoms with Gasteiger partial charge in [-0.1, -0.05) is 25.1 Å². The summed E-state index contributed by atoms with van der Waals surface area (Å²) in [5.74, 6) is 0.451. The van der Waals surface area contributed by atoms with Crippen LogP contribution in [0, 0.1) is 0 Å². The van der Waals surface area contributed by atoms with Crippen LogP contribution in [0.5, 0.6) is 5.75 Å². The Kier molecular flexibility index (Phi) is 3.32. The highest BCUT2D eigenvalue weighted by molar-refractivity contribution is 5.87. The van der Waals surface area contributed by atoms with Crippen LogP contribution in [0.1, 0.15) is 25.5 Å². The third-order valence-corrected chi connectivity index (χ3v) is 3.69. The highest BCUT2D eigenvalue weighted by atomic mass is 16.6. The Morgan fingerprint density at radius 2 is 2.00 bits per heavy atom. The van der Waals surface area contributed by atoms with Crippen LogP contribution in [0.25, 0.3) is 0 Å². The Morgan fingerprint density at radius 3 is 2.59 bits per heavy atom. The first-order valence-corrected chi connectivity index (χ1v) is 6.86. The molecule has 1 aromatic carbocycles. The molecule has 22 heavy (non-hydrogen) atoms. The molecule has 0 radical (unpaired) electrons. The molecule has 0 saturated heterocycles. The first kappa shape index (κ1) is 14.1. The fraction of sp³-hybridized carbons (Fsp3) is 0.267. The minimum atomic E-state index is -1.26. The minimum absolute atomic E-state index is 0.0801. The van der Waals surface area contributed by atoms with Gasteiger partial charge in [0.05, 0.1) is 5.69 Å². The van der Waals surface area contributed by atoms with Crippen LogP contribution in [0.2, 0.25) is 0 Å². The quantitative estimate of drug-likeness (QED) is 0.908. The van der Waals surface area contributed by atoms with Crippen molar-refractivity contribution in [2.45, 2.75) is 25.2 Å². The number of benzene rings is 1. The number of hydrogen-bond acceptors (Lipinski definition) is 4. The van der Waals surface area contributed by atoms with E-state index in [1.54, 1.807) is 36.4 Å². The Morgan fingerprint density at radius 1 is 1.32 bits per heavy atom. The van der Waals surface area contributed by atoms with E-state index in [4.69, 9.17) is 4.74 Å². The molecule has 0 unspecified atom stereocenters. The van der Waals surface area contributed by atoms with E-state index in [0.29, 0.717) is 11.4 Å². The largest absolute Gasteiger partial charge is 0.463 e. The SMILES string of the molecule is CC1(c2cc(NC(=O)Oc3ccccc3)n(C(=O)O)n2)CC1. The zero-order chi connectivity index (χ0) is 15.7. The summed E-state index contributed by atoms with van der Waals surface area (Å²) < 4.78 is 5.83. The number of carbonyl (C=O) groups is 2. The van der Waals surface area contributed by atoms with Crippen molar-refractivity contribution in [2.75, 3.05) is 5.32 Å². The lowest BCUT2D eigenvalue weighted by Crippen LogP contribution is -2.21. The van der Waals surface area contributed by atoms with Gasteiger partial charge in [0.25, 0.3) is 0 Å². The maximum absolute atomic E-state index is 11.9. The van der Waals surface area contributed by atoms with Gasteiger partial charge in [0.2, 0.25) is 0 Å². The third-order valence-electron chi connectivity index (χ3n) is 3.69. The predicted molar refractivity (Wildman–Crippen MR) is 78.3 cm³/mol. The van der Waals surface area contributed by atoms with Gasteiger partial charge in [0.15, 0.2) is 0 Å². The fourth-order valence-electron chi connectivity index (χ4n) is 2.08. The summed E-state index contributed by atoms with van der Waals surface area (Å²) in [6.07, 6.45) is -0.110. The monoisotopic (exact) mass is 301 g/mol. The normalized spacial score (nSPS) is 15.1. The standard InChI is InChI=1S/C15H15N3O4/c1-15(7-8-15)11-9-12(18(17-11)14(20)21)16-13(19)22-10-5-3-2-4-6-10/h2-6,9H,7-8H2,1H3,(H,16,19)(H,20,21). The lowest BCUT2D eigenvalue weighted by molar-refractivity contribution is 0.193. The molecule has 0 aliphatic heterocycles. The molecule has 7 heteroatoms. The molecular formula is C15H15N3O4. The van der Waals surface area contributed by atoms with E-state index in [2.05, 4.69) is 10.4 Å². The minimum Gasteiger partial charge on any atom is -0.463 e. The summed E-state index contributed by atoms with van der Waals surface area (Å²) in [6, 6.07) is 10.1. The molecule has 1 heterocycles. The van der Waals surface area contributed by atoms with Crippen molar-refractivity contribution < 1.29 is 19.4 Å². The number of ether oxygens (including phenoxy) is 1. The summed E-state index contributed by atoms with van der Waals surface area (Å²) in [7, 11) is 0. The van der Waals surface area contributed by atoms with Gasteiger partial charge in [-0.2, -0.15) is 5.10 Å². The zero-order valence-electron chi connectivity index (χ0n) is 11.9. The smallest absolute Gasteiger partial charge is 0.434 e. The molecule has 2 aromatic rings. The van der Waals surface area contributed by atoms with Crippen LogP contribution < -0.4 is 10.1 Å². The van der Waals surface area contributed by atoms with Crippen molar-refractivity contribution >= 4 is 18.0 Å². The van der Waals surface area contributed by atoms with Gasteiger partial charge in [-0.15, -0.1) is 4.68 Å². The van der Waals surface area contributed by atoms with E-state index in [1.165, 1.54) is 0 Å². The Hall–Kier alpha value is -2.83. The Bertz CT molecular complexity index is 720. The van der Waals surface area contributed by atoms with Crippen LogP contribution in [0.4, 0.5) is 15.4 Å². The van der Waals surface area contributed by atoms with Crippen LogP contribution in [0.3, 0.4) is 0 Å². The van der Waals surface area contributed by atoms with Gasteiger partial charge in [0.1, 0.15) is 11.6 Å². The average Bonchev–Trinajstić information content (AvgIpc) is 3.08. The Balaban J connectivity index is 1.77. The summed E-state index contributed by atoms with van der Waals surface area (Å²) in [5, 5.41) is 15.6. The van der Waals surface area contributed by atoms with Crippen molar-refractivity contribution in [1.29, 1.82) is 0 Å². The number of nitrogens with one attached hydrogen (secondary N) is 1. The van der Waals surface area contributed by atoms with E-state index >= 15 is 0 Å². The third kappa shape index (κ3) is 2.78. The molecule has 1 saturated carbocycles. The van der Waals surface area contributed by atoms with Crippen molar-refractivity contribution in [3.05, 3.63) is 42.1 Å². The fourth-order valence-corrected chi connectivity index (χ4v) is 2.08.